The van der Waals surface area contributed by atoms with Gasteiger partial charge in [0.15, 0.2) is 0 Å². The first-order valence-electron chi connectivity index (χ1n) is 8.60. The summed E-state index contributed by atoms with van der Waals surface area (Å²) in [7, 11) is 2.21. The van der Waals surface area contributed by atoms with Gasteiger partial charge in [0.05, 0.1) is 0 Å². The number of nitrogens with one attached hydrogen (secondary N) is 2. The fraction of sp³-hybridized carbons (Fsp3) is 0.941. The summed E-state index contributed by atoms with van der Waals surface area (Å²) in [5.74, 6) is 0.680. The van der Waals surface area contributed by atoms with Gasteiger partial charge in [-0.25, -0.2) is 4.79 Å². The first kappa shape index (κ1) is 17.5. The molecule has 1 saturated heterocycles. The third kappa shape index (κ3) is 4.85. The molecule has 5 nitrogen and oxygen atoms in total. The van der Waals surface area contributed by atoms with Crippen LogP contribution in [0.2, 0.25) is 0 Å². The lowest BCUT2D eigenvalue weighted by Gasteiger charge is -2.45. The minimum Gasteiger partial charge on any atom is -0.444 e. The van der Waals surface area contributed by atoms with Crippen molar-refractivity contribution in [2.45, 2.75) is 83.6 Å². The van der Waals surface area contributed by atoms with Gasteiger partial charge in [0.2, 0.25) is 0 Å². The Morgan fingerprint density at radius 2 is 1.77 bits per heavy atom. The Balaban J connectivity index is 1.68. The average molecular weight is 311 g/mol. The maximum absolute atomic E-state index is 11.7. The summed E-state index contributed by atoms with van der Waals surface area (Å²) in [6, 6.07) is 2.03. The number of hydrogen-bond donors (Lipinski definition) is 2. The van der Waals surface area contributed by atoms with E-state index < -0.39 is 5.60 Å². The number of carbonyl (C=O) groups is 1. The van der Waals surface area contributed by atoms with E-state index in [2.05, 4.69) is 36.4 Å². The van der Waals surface area contributed by atoms with Crippen LogP contribution in [-0.2, 0) is 4.74 Å². The van der Waals surface area contributed by atoms with Gasteiger partial charge in [-0.2, -0.15) is 0 Å². The van der Waals surface area contributed by atoms with E-state index in [1.54, 1.807) is 0 Å². The summed E-state index contributed by atoms with van der Waals surface area (Å²) in [5.41, 5.74) is -0.425. The standard InChI is InChI=1S/C17H33N3O2/c1-11-10-20(6)12(2)7-15(11)18-13-8-14(9-13)19-16(21)22-17(3,4)5/h11-15,18H,7-10H2,1-6H3,(H,19,21). The summed E-state index contributed by atoms with van der Waals surface area (Å²) >= 11 is 0. The van der Waals surface area contributed by atoms with Crippen LogP contribution in [0.15, 0.2) is 0 Å². The number of nitrogens with zero attached hydrogens (tertiary/aromatic N) is 1. The van der Waals surface area contributed by atoms with E-state index in [0.717, 1.165) is 19.4 Å². The number of rotatable bonds is 3. The van der Waals surface area contributed by atoms with E-state index in [9.17, 15) is 4.79 Å². The van der Waals surface area contributed by atoms with Crippen molar-refractivity contribution in [3.63, 3.8) is 0 Å². The number of amides is 1. The highest BCUT2D eigenvalue weighted by molar-refractivity contribution is 5.68. The van der Waals surface area contributed by atoms with Crippen LogP contribution in [0, 0.1) is 5.92 Å². The molecule has 1 aliphatic heterocycles. The zero-order valence-electron chi connectivity index (χ0n) is 15.0. The minimum absolute atomic E-state index is 0.256. The van der Waals surface area contributed by atoms with Crippen LogP contribution in [0.25, 0.3) is 0 Å². The number of carbonyl (C=O) groups excluding carboxylic acids is 1. The van der Waals surface area contributed by atoms with Gasteiger partial charge in [0, 0.05) is 30.7 Å². The van der Waals surface area contributed by atoms with Crippen LogP contribution in [0.5, 0.6) is 0 Å². The van der Waals surface area contributed by atoms with Gasteiger partial charge in [-0.05, 0) is 59.9 Å². The second kappa shape index (κ2) is 6.75. The average Bonchev–Trinajstić information content (AvgIpc) is 2.30. The molecule has 3 atom stereocenters. The zero-order valence-corrected chi connectivity index (χ0v) is 15.0. The van der Waals surface area contributed by atoms with Crippen LogP contribution in [0.4, 0.5) is 4.79 Å². The Morgan fingerprint density at radius 3 is 2.36 bits per heavy atom. The van der Waals surface area contributed by atoms with E-state index in [1.165, 1.54) is 6.42 Å². The highest BCUT2D eigenvalue weighted by Crippen LogP contribution is 2.26. The van der Waals surface area contributed by atoms with Crippen molar-refractivity contribution < 1.29 is 9.53 Å². The monoisotopic (exact) mass is 311 g/mol. The maximum atomic E-state index is 11.7. The third-order valence-electron chi connectivity index (χ3n) is 4.92. The Morgan fingerprint density at radius 1 is 1.14 bits per heavy atom. The molecular formula is C17H33N3O2. The molecule has 0 aromatic heterocycles. The Bertz CT molecular complexity index is 388. The lowest BCUT2D eigenvalue weighted by Crippen LogP contribution is -2.59. The Hall–Kier alpha value is -0.810. The van der Waals surface area contributed by atoms with Crippen molar-refractivity contribution in [1.82, 2.24) is 15.5 Å². The van der Waals surface area contributed by atoms with Crippen molar-refractivity contribution in [3.8, 4) is 0 Å². The predicted octanol–water partition coefficient (Wildman–Crippen LogP) is 2.36. The van der Waals surface area contributed by atoms with Gasteiger partial charge in [-0.1, -0.05) is 6.92 Å². The lowest BCUT2D eigenvalue weighted by atomic mass is 9.83. The molecule has 1 saturated carbocycles. The normalized spacial score (nSPS) is 36.5. The lowest BCUT2D eigenvalue weighted by molar-refractivity contribution is 0.0449. The van der Waals surface area contributed by atoms with Gasteiger partial charge in [-0.3, -0.25) is 0 Å². The van der Waals surface area contributed by atoms with E-state index in [-0.39, 0.29) is 12.1 Å². The van der Waals surface area contributed by atoms with Crippen molar-refractivity contribution >= 4 is 6.09 Å². The highest BCUT2D eigenvalue weighted by Gasteiger charge is 2.36. The molecule has 2 N–H and O–H groups in total. The number of alkyl carbamates (subject to hydrolysis) is 1. The Labute approximate surface area is 135 Å². The molecule has 2 aliphatic rings. The molecule has 2 rings (SSSR count). The second-order valence-corrected chi connectivity index (χ2v) is 8.29. The number of hydrogen-bond acceptors (Lipinski definition) is 4. The van der Waals surface area contributed by atoms with Crippen molar-refractivity contribution in [1.29, 1.82) is 0 Å². The molecule has 2 fully saturated rings. The molecule has 5 heteroatoms. The molecule has 1 amide bonds. The smallest absolute Gasteiger partial charge is 0.407 e. The first-order chi connectivity index (χ1) is 10.1. The summed E-state index contributed by atoms with van der Waals surface area (Å²) in [4.78, 5) is 14.2. The predicted molar refractivity (Wildman–Crippen MR) is 89.0 cm³/mol. The Kier molecular flexibility index (Phi) is 5.38. The van der Waals surface area contributed by atoms with Crippen LogP contribution < -0.4 is 10.6 Å². The summed E-state index contributed by atoms with van der Waals surface area (Å²) in [6.07, 6.45) is 2.93. The van der Waals surface area contributed by atoms with E-state index in [1.807, 2.05) is 20.8 Å². The third-order valence-corrected chi connectivity index (χ3v) is 4.92. The number of piperidine rings is 1. The zero-order chi connectivity index (χ0) is 16.5. The van der Waals surface area contributed by atoms with E-state index in [4.69, 9.17) is 4.74 Å². The van der Waals surface area contributed by atoms with Crippen LogP contribution in [0.1, 0.15) is 53.9 Å². The topological polar surface area (TPSA) is 53.6 Å². The van der Waals surface area contributed by atoms with Gasteiger partial charge in [0.25, 0.3) is 0 Å². The van der Waals surface area contributed by atoms with Crippen LogP contribution in [0.3, 0.4) is 0 Å². The van der Waals surface area contributed by atoms with Gasteiger partial charge >= 0.3 is 6.09 Å². The first-order valence-corrected chi connectivity index (χ1v) is 8.60. The second-order valence-electron chi connectivity index (χ2n) is 8.29. The molecule has 0 radical (unpaired) electrons. The fourth-order valence-electron chi connectivity index (χ4n) is 3.42. The summed E-state index contributed by atoms with van der Waals surface area (Å²) in [6.45, 7) is 11.5. The molecular weight excluding hydrogens is 278 g/mol. The van der Waals surface area contributed by atoms with Crippen molar-refractivity contribution in [2.75, 3.05) is 13.6 Å². The summed E-state index contributed by atoms with van der Waals surface area (Å²) < 4.78 is 5.30. The molecule has 0 bridgehead atoms. The fourth-order valence-corrected chi connectivity index (χ4v) is 3.42. The summed E-state index contributed by atoms with van der Waals surface area (Å²) in [5, 5.41) is 6.75. The molecule has 0 aromatic carbocycles. The molecule has 1 aliphatic carbocycles. The van der Waals surface area contributed by atoms with E-state index >= 15 is 0 Å². The molecule has 1 heterocycles. The minimum atomic E-state index is -0.425. The largest absolute Gasteiger partial charge is 0.444 e. The molecule has 0 aromatic rings. The molecule has 0 spiro atoms. The van der Waals surface area contributed by atoms with Gasteiger partial charge in [-0.15, -0.1) is 0 Å². The molecule has 128 valence electrons. The van der Waals surface area contributed by atoms with Crippen LogP contribution >= 0.6 is 0 Å². The molecule has 3 unspecified atom stereocenters. The highest BCUT2D eigenvalue weighted by atomic mass is 16.6. The quantitative estimate of drug-likeness (QED) is 0.840. The van der Waals surface area contributed by atoms with Crippen molar-refractivity contribution in [3.05, 3.63) is 0 Å². The van der Waals surface area contributed by atoms with Crippen LogP contribution in [-0.4, -0.2) is 54.4 Å². The van der Waals surface area contributed by atoms with Gasteiger partial charge < -0.3 is 20.3 Å². The SMILES string of the molecule is CC1CN(C)C(C)CC1NC1CC(NC(=O)OC(C)(C)C)C1. The number of ether oxygens (including phenoxy) is 1. The maximum Gasteiger partial charge on any atom is 0.407 e. The molecule has 22 heavy (non-hydrogen) atoms. The van der Waals surface area contributed by atoms with E-state index in [0.29, 0.717) is 24.0 Å². The van der Waals surface area contributed by atoms with Gasteiger partial charge in [0.1, 0.15) is 5.60 Å². The number of likely N-dealkylation sites (tertiary alicyclic amines) is 1. The van der Waals surface area contributed by atoms with Crippen molar-refractivity contribution in [2.24, 2.45) is 5.92 Å².